The van der Waals surface area contributed by atoms with Gasteiger partial charge in [-0.05, 0) is 52.7 Å². The van der Waals surface area contributed by atoms with Crippen LogP contribution in [0.4, 0.5) is 0 Å². The summed E-state index contributed by atoms with van der Waals surface area (Å²) in [6.07, 6.45) is 8.56. The maximum Gasteiger partial charge on any atom is 0.0223 e. The second kappa shape index (κ2) is 6.11. The first-order valence-electron chi connectivity index (χ1n) is 8.42. The van der Waals surface area contributed by atoms with Crippen LogP contribution in [0.3, 0.4) is 0 Å². The molecule has 3 atom stereocenters. The molecule has 3 heteroatoms. The SMILES string of the molecule is CC1CN2CCCCC2CN1CC1CCCCN1C. The Kier molecular flexibility index (Phi) is 4.45. The molecule has 3 rings (SSSR count). The third-order valence-electron chi connectivity index (χ3n) is 5.68. The molecule has 0 N–H and O–H groups in total. The van der Waals surface area contributed by atoms with Crippen molar-refractivity contribution in [2.75, 3.05) is 39.8 Å². The van der Waals surface area contributed by atoms with Gasteiger partial charge in [-0.2, -0.15) is 0 Å². The lowest BCUT2D eigenvalue weighted by Gasteiger charge is -2.49. The zero-order chi connectivity index (χ0) is 13.2. The van der Waals surface area contributed by atoms with Gasteiger partial charge in [-0.15, -0.1) is 0 Å². The first kappa shape index (κ1) is 13.8. The van der Waals surface area contributed by atoms with Gasteiger partial charge in [0.15, 0.2) is 0 Å². The van der Waals surface area contributed by atoms with E-state index in [9.17, 15) is 0 Å². The minimum atomic E-state index is 0.754. The largest absolute Gasteiger partial charge is 0.302 e. The third kappa shape index (κ3) is 3.14. The zero-order valence-electron chi connectivity index (χ0n) is 12.9. The van der Waals surface area contributed by atoms with E-state index in [-0.39, 0.29) is 0 Å². The number of rotatable bonds is 2. The van der Waals surface area contributed by atoms with Crippen molar-refractivity contribution in [2.24, 2.45) is 0 Å². The van der Waals surface area contributed by atoms with Gasteiger partial charge in [-0.3, -0.25) is 9.80 Å². The van der Waals surface area contributed by atoms with Gasteiger partial charge in [0.1, 0.15) is 0 Å². The van der Waals surface area contributed by atoms with Crippen LogP contribution in [0.5, 0.6) is 0 Å². The number of piperidine rings is 2. The molecule has 3 fully saturated rings. The van der Waals surface area contributed by atoms with Crippen LogP contribution >= 0.6 is 0 Å². The van der Waals surface area contributed by atoms with E-state index >= 15 is 0 Å². The molecule has 19 heavy (non-hydrogen) atoms. The van der Waals surface area contributed by atoms with Gasteiger partial charge < -0.3 is 4.90 Å². The molecule has 3 heterocycles. The Morgan fingerprint density at radius 1 is 0.947 bits per heavy atom. The second-order valence-electron chi connectivity index (χ2n) is 7.08. The van der Waals surface area contributed by atoms with Crippen LogP contribution in [-0.4, -0.2) is 72.6 Å². The number of likely N-dealkylation sites (N-methyl/N-ethyl adjacent to an activating group) is 1. The molecular formula is C16H31N3. The lowest BCUT2D eigenvalue weighted by atomic mass is 9.95. The zero-order valence-corrected chi connectivity index (χ0v) is 12.9. The van der Waals surface area contributed by atoms with Crippen LogP contribution in [0.15, 0.2) is 0 Å². The maximum atomic E-state index is 2.79. The smallest absolute Gasteiger partial charge is 0.0223 e. The van der Waals surface area contributed by atoms with E-state index in [2.05, 4.69) is 28.7 Å². The van der Waals surface area contributed by atoms with Gasteiger partial charge in [0.25, 0.3) is 0 Å². The molecule has 0 amide bonds. The van der Waals surface area contributed by atoms with Crippen molar-refractivity contribution in [1.29, 1.82) is 0 Å². The van der Waals surface area contributed by atoms with Crippen LogP contribution < -0.4 is 0 Å². The summed E-state index contributed by atoms with van der Waals surface area (Å²) >= 11 is 0. The van der Waals surface area contributed by atoms with E-state index in [0.717, 1.165) is 18.1 Å². The summed E-state index contributed by atoms with van der Waals surface area (Å²) in [5, 5.41) is 0. The lowest BCUT2D eigenvalue weighted by Crippen LogP contribution is -2.60. The molecule has 0 aromatic carbocycles. The number of piperazine rings is 1. The quantitative estimate of drug-likeness (QED) is 0.756. The maximum absolute atomic E-state index is 2.79. The van der Waals surface area contributed by atoms with E-state index < -0.39 is 0 Å². The first-order valence-corrected chi connectivity index (χ1v) is 8.42. The summed E-state index contributed by atoms with van der Waals surface area (Å²) in [6.45, 7) is 9.04. The Labute approximate surface area is 118 Å². The second-order valence-corrected chi connectivity index (χ2v) is 7.08. The third-order valence-corrected chi connectivity index (χ3v) is 5.68. The van der Waals surface area contributed by atoms with Gasteiger partial charge in [0.05, 0.1) is 0 Å². The highest BCUT2D eigenvalue weighted by Gasteiger charge is 2.34. The van der Waals surface area contributed by atoms with Crippen molar-refractivity contribution >= 4 is 0 Å². The van der Waals surface area contributed by atoms with Crippen molar-refractivity contribution in [3.05, 3.63) is 0 Å². The van der Waals surface area contributed by atoms with Gasteiger partial charge in [0.2, 0.25) is 0 Å². The number of hydrogen-bond acceptors (Lipinski definition) is 3. The number of nitrogens with zero attached hydrogens (tertiary/aromatic N) is 3. The van der Waals surface area contributed by atoms with Gasteiger partial charge >= 0.3 is 0 Å². The van der Waals surface area contributed by atoms with Gasteiger partial charge in [-0.1, -0.05) is 12.8 Å². The molecule has 110 valence electrons. The molecule has 3 aliphatic rings. The average molecular weight is 265 g/mol. The van der Waals surface area contributed by atoms with E-state index in [0.29, 0.717) is 0 Å². The van der Waals surface area contributed by atoms with Crippen molar-refractivity contribution in [3.8, 4) is 0 Å². The topological polar surface area (TPSA) is 9.72 Å². The molecule has 0 bridgehead atoms. The minimum absolute atomic E-state index is 0.754. The summed E-state index contributed by atoms with van der Waals surface area (Å²) < 4.78 is 0. The fourth-order valence-electron chi connectivity index (χ4n) is 4.31. The lowest BCUT2D eigenvalue weighted by molar-refractivity contribution is -0.00130. The highest BCUT2D eigenvalue weighted by Crippen LogP contribution is 2.25. The Morgan fingerprint density at radius 3 is 2.58 bits per heavy atom. The summed E-state index contributed by atoms with van der Waals surface area (Å²) in [7, 11) is 2.32. The van der Waals surface area contributed by atoms with Crippen LogP contribution in [0, 0.1) is 0 Å². The standard InChI is InChI=1S/C16H31N3/c1-14-11-18-10-6-4-8-16(18)13-19(14)12-15-7-3-5-9-17(15)2/h14-16H,3-13H2,1-2H3. The average Bonchev–Trinajstić information content (AvgIpc) is 2.42. The highest BCUT2D eigenvalue weighted by molar-refractivity contribution is 4.91. The molecule has 3 saturated heterocycles. The fourth-order valence-corrected chi connectivity index (χ4v) is 4.31. The highest BCUT2D eigenvalue weighted by atomic mass is 15.3. The molecule has 0 spiro atoms. The van der Waals surface area contributed by atoms with Crippen molar-refractivity contribution < 1.29 is 0 Å². The molecule has 0 aliphatic carbocycles. The molecule has 0 saturated carbocycles. The molecule has 0 aromatic rings. The Bertz CT molecular complexity index is 294. The predicted molar refractivity (Wildman–Crippen MR) is 80.5 cm³/mol. The van der Waals surface area contributed by atoms with E-state index in [1.165, 1.54) is 71.2 Å². The first-order chi connectivity index (χ1) is 9.24. The molecule has 0 radical (unpaired) electrons. The van der Waals surface area contributed by atoms with Crippen molar-refractivity contribution in [2.45, 2.75) is 63.6 Å². The normalized spacial score (nSPS) is 39.2. The van der Waals surface area contributed by atoms with Crippen LogP contribution in [0.1, 0.15) is 45.4 Å². The van der Waals surface area contributed by atoms with Gasteiger partial charge in [-0.25, -0.2) is 0 Å². The molecular weight excluding hydrogens is 234 g/mol. The molecule has 3 nitrogen and oxygen atoms in total. The summed E-state index contributed by atoms with van der Waals surface area (Å²) in [5.74, 6) is 0. The van der Waals surface area contributed by atoms with E-state index in [4.69, 9.17) is 0 Å². The van der Waals surface area contributed by atoms with Crippen molar-refractivity contribution in [3.63, 3.8) is 0 Å². The van der Waals surface area contributed by atoms with Crippen LogP contribution in [0.25, 0.3) is 0 Å². The van der Waals surface area contributed by atoms with E-state index in [1.807, 2.05) is 0 Å². The molecule has 0 aromatic heterocycles. The van der Waals surface area contributed by atoms with Crippen molar-refractivity contribution in [1.82, 2.24) is 14.7 Å². The predicted octanol–water partition coefficient (Wildman–Crippen LogP) is 2.03. The Balaban J connectivity index is 1.57. The van der Waals surface area contributed by atoms with Crippen LogP contribution in [-0.2, 0) is 0 Å². The monoisotopic (exact) mass is 265 g/mol. The number of hydrogen-bond donors (Lipinski definition) is 0. The minimum Gasteiger partial charge on any atom is -0.302 e. The fraction of sp³-hybridized carbons (Fsp3) is 1.00. The Hall–Kier alpha value is -0.120. The van der Waals surface area contributed by atoms with E-state index in [1.54, 1.807) is 0 Å². The molecule has 3 unspecified atom stereocenters. The summed E-state index contributed by atoms with van der Waals surface area (Å²) in [5.41, 5.74) is 0. The number of likely N-dealkylation sites (tertiary alicyclic amines) is 1. The summed E-state index contributed by atoms with van der Waals surface area (Å²) in [4.78, 5) is 8.15. The van der Waals surface area contributed by atoms with Crippen LogP contribution in [0.2, 0.25) is 0 Å². The van der Waals surface area contributed by atoms with Gasteiger partial charge in [0, 0.05) is 37.8 Å². The molecule has 3 aliphatic heterocycles. The Morgan fingerprint density at radius 2 is 1.74 bits per heavy atom. The summed E-state index contributed by atoms with van der Waals surface area (Å²) in [6, 6.07) is 2.43. The number of fused-ring (bicyclic) bond motifs is 1.